The van der Waals surface area contributed by atoms with Gasteiger partial charge in [0.05, 0.1) is 0 Å². The van der Waals surface area contributed by atoms with E-state index in [-0.39, 0.29) is 11.7 Å². The summed E-state index contributed by atoms with van der Waals surface area (Å²) >= 11 is 0. The van der Waals surface area contributed by atoms with Crippen molar-refractivity contribution in [1.82, 2.24) is 0 Å². The van der Waals surface area contributed by atoms with Crippen LogP contribution in [0.4, 0.5) is 0 Å². The molecule has 0 aliphatic rings. The van der Waals surface area contributed by atoms with Gasteiger partial charge in [-0.25, -0.2) is 0 Å². The van der Waals surface area contributed by atoms with Crippen molar-refractivity contribution in [3.05, 3.63) is 70.8 Å². The Kier molecular flexibility index (Phi) is 6.58. The molecule has 0 aromatic heterocycles. The highest BCUT2D eigenvalue weighted by Gasteiger charge is 2.20. The molecule has 1 atom stereocenters. The predicted octanol–water partition coefficient (Wildman–Crippen LogP) is 6.10. The molecule has 1 nitrogen and oxygen atoms in total. The third kappa shape index (κ3) is 4.79. The number of aryl methyl sites for hydroxylation is 2. The lowest BCUT2D eigenvalue weighted by Gasteiger charge is -2.15. The first kappa shape index (κ1) is 17.5. The second kappa shape index (κ2) is 8.67. The van der Waals surface area contributed by atoms with E-state index < -0.39 is 0 Å². The molecule has 2 rings (SSSR count). The Hall–Kier alpha value is -1.89. The molecule has 0 heterocycles. The lowest BCUT2D eigenvalue weighted by molar-refractivity contribution is 0.0957. The summed E-state index contributed by atoms with van der Waals surface area (Å²) in [6, 6.07) is 16.6. The fourth-order valence-electron chi connectivity index (χ4n) is 3.08. The molecule has 0 amide bonds. The molecule has 0 aliphatic heterocycles. The molecule has 1 heteroatoms. The fraction of sp³-hybridized carbons (Fsp3) is 0.409. The number of hydrogen-bond acceptors (Lipinski definition) is 1. The molecule has 0 bridgehead atoms. The lowest BCUT2D eigenvalue weighted by atomic mass is 9.87. The van der Waals surface area contributed by atoms with E-state index >= 15 is 0 Å². The first-order valence-electron chi connectivity index (χ1n) is 8.85. The zero-order valence-electron chi connectivity index (χ0n) is 14.6. The van der Waals surface area contributed by atoms with Crippen LogP contribution >= 0.6 is 0 Å². The van der Waals surface area contributed by atoms with Gasteiger partial charge < -0.3 is 0 Å². The van der Waals surface area contributed by atoms with E-state index in [0.29, 0.717) is 0 Å². The molecule has 2 aromatic carbocycles. The zero-order valence-corrected chi connectivity index (χ0v) is 14.6. The van der Waals surface area contributed by atoms with Crippen molar-refractivity contribution in [1.29, 1.82) is 0 Å². The summed E-state index contributed by atoms with van der Waals surface area (Å²) in [7, 11) is 0. The molecule has 0 saturated heterocycles. The van der Waals surface area contributed by atoms with Crippen LogP contribution < -0.4 is 0 Å². The van der Waals surface area contributed by atoms with Gasteiger partial charge in [0.15, 0.2) is 5.78 Å². The van der Waals surface area contributed by atoms with E-state index in [1.54, 1.807) is 0 Å². The van der Waals surface area contributed by atoms with Crippen molar-refractivity contribution in [3.8, 4) is 0 Å². The van der Waals surface area contributed by atoms with Crippen LogP contribution in [0.25, 0.3) is 0 Å². The van der Waals surface area contributed by atoms with Crippen LogP contribution in [-0.2, 0) is 6.42 Å². The Morgan fingerprint density at radius 2 is 1.74 bits per heavy atom. The van der Waals surface area contributed by atoms with Crippen LogP contribution in [0.15, 0.2) is 48.5 Å². The normalized spacial score (nSPS) is 12.1. The third-order valence-corrected chi connectivity index (χ3v) is 4.48. The van der Waals surface area contributed by atoms with E-state index in [9.17, 15) is 4.79 Å². The van der Waals surface area contributed by atoms with Crippen molar-refractivity contribution in [2.75, 3.05) is 0 Å². The highest BCUT2D eigenvalue weighted by molar-refractivity contribution is 6.01. The Labute approximate surface area is 140 Å². The molecule has 0 saturated carbocycles. The molecule has 0 aliphatic carbocycles. The maximum Gasteiger partial charge on any atom is 0.170 e. The summed E-state index contributed by atoms with van der Waals surface area (Å²) in [5, 5.41) is 0. The highest BCUT2D eigenvalue weighted by atomic mass is 16.1. The molecule has 0 radical (unpaired) electrons. The summed E-state index contributed by atoms with van der Waals surface area (Å²) in [5.41, 5.74) is 4.50. The van der Waals surface area contributed by atoms with Gasteiger partial charge in [-0.3, -0.25) is 4.79 Å². The van der Waals surface area contributed by atoms with Crippen LogP contribution in [0.3, 0.4) is 0 Å². The standard InChI is InChI=1S/C22H28O/c1-4-6-7-10-18-12-14-19(15-13-18)22(23)21(5-2)20-11-8-9-17(3)16-20/h8-9,11-16,21H,4-7,10H2,1-3H3. The fourth-order valence-corrected chi connectivity index (χ4v) is 3.08. The van der Waals surface area contributed by atoms with Crippen LogP contribution in [0, 0.1) is 6.92 Å². The highest BCUT2D eigenvalue weighted by Crippen LogP contribution is 2.25. The maximum atomic E-state index is 12.9. The molecular weight excluding hydrogens is 280 g/mol. The van der Waals surface area contributed by atoms with Gasteiger partial charge in [0.25, 0.3) is 0 Å². The number of benzene rings is 2. The van der Waals surface area contributed by atoms with E-state index in [2.05, 4.69) is 51.1 Å². The van der Waals surface area contributed by atoms with Gasteiger partial charge in [-0.2, -0.15) is 0 Å². The Balaban J connectivity index is 2.11. The van der Waals surface area contributed by atoms with E-state index in [1.807, 2.05) is 18.2 Å². The number of carbonyl (C=O) groups is 1. The van der Waals surface area contributed by atoms with Gasteiger partial charge in [-0.1, -0.05) is 80.8 Å². The molecule has 2 aromatic rings. The molecule has 0 fully saturated rings. The quantitative estimate of drug-likeness (QED) is 0.425. The van der Waals surface area contributed by atoms with Crippen LogP contribution in [-0.4, -0.2) is 5.78 Å². The SMILES string of the molecule is CCCCCc1ccc(C(=O)C(CC)c2cccc(C)c2)cc1. The monoisotopic (exact) mass is 308 g/mol. The van der Waals surface area contributed by atoms with Gasteiger partial charge >= 0.3 is 0 Å². The first-order valence-corrected chi connectivity index (χ1v) is 8.85. The molecule has 122 valence electrons. The van der Waals surface area contributed by atoms with Gasteiger partial charge in [0.1, 0.15) is 0 Å². The van der Waals surface area contributed by atoms with Crippen molar-refractivity contribution < 1.29 is 4.79 Å². The Morgan fingerprint density at radius 3 is 2.35 bits per heavy atom. The van der Waals surface area contributed by atoms with E-state index in [0.717, 1.165) is 24.0 Å². The lowest BCUT2D eigenvalue weighted by Crippen LogP contribution is -2.12. The van der Waals surface area contributed by atoms with Crippen molar-refractivity contribution in [2.24, 2.45) is 0 Å². The molecular formula is C22H28O. The third-order valence-electron chi connectivity index (χ3n) is 4.48. The molecule has 1 unspecified atom stereocenters. The minimum atomic E-state index is -0.0409. The molecule has 0 spiro atoms. The van der Waals surface area contributed by atoms with Gasteiger partial charge in [0.2, 0.25) is 0 Å². The number of hydrogen-bond donors (Lipinski definition) is 0. The summed E-state index contributed by atoms with van der Waals surface area (Å²) in [5.74, 6) is 0.194. The maximum absolute atomic E-state index is 12.9. The second-order valence-electron chi connectivity index (χ2n) is 6.39. The zero-order chi connectivity index (χ0) is 16.7. The summed E-state index contributed by atoms with van der Waals surface area (Å²) in [4.78, 5) is 12.9. The van der Waals surface area contributed by atoms with Gasteiger partial charge in [-0.05, 0) is 37.3 Å². The summed E-state index contributed by atoms with van der Waals surface area (Å²) in [6.07, 6.45) is 5.68. The Morgan fingerprint density at radius 1 is 1.00 bits per heavy atom. The number of rotatable bonds is 8. The van der Waals surface area contributed by atoms with E-state index in [4.69, 9.17) is 0 Å². The van der Waals surface area contributed by atoms with Crippen molar-refractivity contribution in [3.63, 3.8) is 0 Å². The first-order chi connectivity index (χ1) is 11.2. The van der Waals surface area contributed by atoms with Crippen LogP contribution in [0.2, 0.25) is 0 Å². The molecule has 0 N–H and O–H groups in total. The number of ketones is 1. The average molecular weight is 308 g/mol. The summed E-state index contributed by atoms with van der Waals surface area (Å²) < 4.78 is 0. The minimum absolute atomic E-state index is 0.0409. The smallest absolute Gasteiger partial charge is 0.170 e. The molecule has 23 heavy (non-hydrogen) atoms. The van der Waals surface area contributed by atoms with E-state index in [1.165, 1.54) is 30.4 Å². The largest absolute Gasteiger partial charge is 0.293 e. The van der Waals surface area contributed by atoms with Crippen molar-refractivity contribution >= 4 is 5.78 Å². The van der Waals surface area contributed by atoms with Gasteiger partial charge in [0, 0.05) is 11.5 Å². The van der Waals surface area contributed by atoms with Crippen molar-refractivity contribution in [2.45, 2.75) is 58.8 Å². The summed E-state index contributed by atoms with van der Waals surface area (Å²) in [6.45, 7) is 6.38. The van der Waals surface area contributed by atoms with Crippen LogP contribution in [0.5, 0.6) is 0 Å². The van der Waals surface area contributed by atoms with Crippen LogP contribution in [0.1, 0.15) is 72.5 Å². The number of carbonyl (C=O) groups excluding carboxylic acids is 1. The predicted molar refractivity (Wildman–Crippen MR) is 98.2 cm³/mol. The minimum Gasteiger partial charge on any atom is -0.293 e. The Bertz CT molecular complexity index is 625. The number of unbranched alkanes of at least 4 members (excludes halogenated alkanes) is 2. The average Bonchev–Trinajstić information content (AvgIpc) is 2.56. The number of Topliss-reactive ketones (excluding diaryl/α,β-unsaturated/α-hetero) is 1. The topological polar surface area (TPSA) is 17.1 Å². The van der Waals surface area contributed by atoms with Gasteiger partial charge in [-0.15, -0.1) is 0 Å². The second-order valence-corrected chi connectivity index (χ2v) is 6.39.